The number of carbonyl (C=O) groups is 1. The number of nitrogens with zero attached hydrogens (tertiary/aromatic N) is 2. The molecule has 0 spiro atoms. The van der Waals surface area contributed by atoms with Gasteiger partial charge in [-0.05, 0) is 17.0 Å². The Balaban J connectivity index is 1.58. The third-order valence-electron chi connectivity index (χ3n) is 3.81. The lowest BCUT2D eigenvalue weighted by atomic mass is 10.2. The van der Waals surface area contributed by atoms with E-state index in [4.69, 9.17) is 4.98 Å². The molecule has 0 saturated carbocycles. The second-order valence-electron chi connectivity index (χ2n) is 5.45. The van der Waals surface area contributed by atoms with Crippen LogP contribution in [0.25, 0.3) is 10.6 Å². The van der Waals surface area contributed by atoms with Crippen molar-refractivity contribution in [3.63, 3.8) is 0 Å². The highest BCUT2D eigenvalue weighted by Gasteiger charge is 2.32. The van der Waals surface area contributed by atoms with E-state index in [2.05, 4.69) is 39.2 Å². The molecule has 1 aliphatic heterocycles. The second kappa shape index (κ2) is 6.23. The van der Waals surface area contributed by atoms with Crippen LogP contribution in [0.2, 0.25) is 0 Å². The first kappa shape index (κ1) is 14.6. The van der Waals surface area contributed by atoms with Crippen molar-refractivity contribution >= 4 is 28.6 Å². The quantitative estimate of drug-likeness (QED) is 0.790. The molecule has 3 aromatic rings. The molecule has 2 aromatic heterocycles. The maximum atomic E-state index is 11.9. The molecule has 116 valence electrons. The SMILES string of the molecule is O=C1CN(Cc2ccccc2)C(c2csc(-c3ccsc3)n2)N1. The zero-order valence-electron chi connectivity index (χ0n) is 12.3. The molecule has 1 fully saturated rings. The Morgan fingerprint density at radius 3 is 2.87 bits per heavy atom. The average Bonchev–Trinajstić information content (AvgIpc) is 3.27. The Morgan fingerprint density at radius 2 is 2.09 bits per heavy atom. The van der Waals surface area contributed by atoms with E-state index in [-0.39, 0.29) is 12.1 Å². The summed E-state index contributed by atoms with van der Waals surface area (Å²) < 4.78 is 0. The van der Waals surface area contributed by atoms with Crippen LogP contribution in [0.3, 0.4) is 0 Å². The van der Waals surface area contributed by atoms with Gasteiger partial charge >= 0.3 is 0 Å². The van der Waals surface area contributed by atoms with Crippen LogP contribution in [-0.4, -0.2) is 22.3 Å². The van der Waals surface area contributed by atoms with Crippen molar-refractivity contribution in [2.75, 3.05) is 6.54 Å². The molecule has 3 heterocycles. The maximum absolute atomic E-state index is 11.9. The molecule has 23 heavy (non-hydrogen) atoms. The fourth-order valence-electron chi connectivity index (χ4n) is 2.72. The van der Waals surface area contributed by atoms with Crippen molar-refractivity contribution < 1.29 is 4.79 Å². The molecule has 6 heteroatoms. The number of thiazole rings is 1. The van der Waals surface area contributed by atoms with Crippen molar-refractivity contribution in [3.05, 3.63) is 63.8 Å². The number of rotatable bonds is 4. The Bertz CT molecular complexity index is 798. The highest BCUT2D eigenvalue weighted by atomic mass is 32.1. The topological polar surface area (TPSA) is 45.2 Å². The average molecular weight is 341 g/mol. The summed E-state index contributed by atoms with van der Waals surface area (Å²) in [6.45, 7) is 1.14. The largest absolute Gasteiger partial charge is 0.334 e. The number of hydrogen-bond donors (Lipinski definition) is 1. The Labute approximate surface area is 142 Å². The predicted octanol–water partition coefficient (Wildman–Crippen LogP) is 3.50. The fourth-order valence-corrected chi connectivity index (χ4v) is 4.27. The molecular formula is C17H15N3OS2. The van der Waals surface area contributed by atoms with Crippen LogP contribution in [0, 0.1) is 0 Å². The number of hydrogen-bond acceptors (Lipinski definition) is 5. The molecule has 4 nitrogen and oxygen atoms in total. The van der Waals surface area contributed by atoms with E-state index in [1.807, 2.05) is 23.6 Å². The van der Waals surface area contributed by atoms with Gasteiger partial charge in [-0.3, -0.25) is 9.69 Å². The van der Waals surface area contributed by atoms with Gasteiger partial charge in [0.05, 0.1) is 12.2 Å². The van der Waals surface area contributed by atoms with Crippen molar-refractivity contribution in [1.29, 1.82) is 0 Å². The summed E-state index contributed by atoms with van der Waals surface area (Å²) in [5.74, 6) is 0.0519. The van der Waals surface area contributed by atoms with E-state index in [9.17, 15) is 4.79 Å². The van der Waals surface area contributed by atoms with Gasteiger partial charge in [-0.1, -0.05) is 30.3 Å². The van der Waals surface area contributed by atoms with Crippen molar-refractivity contribution in [3.8, 4) is 10.6 Å². The molecular weight excluding hydrogens is 326 g/mol. The molecule has 1 aliphatic rings. The number of thiophene rings is 1. The Morgan fingerprint density at radius 1 is 1.22 bits per heavy atom. The van der Waals surface area contributed by atoms with Gasteiger partial charge < -0.3 is 5.32 Å². The zero-order valence-corrected chi connectivity index (χ0v) is 13.9. The normalized spacial score (nSPS) is 18.3. The number of amides is 1. The van der Waals surface area contributed by atoms with E-state index in [1.54, 1.807) is 22.7 Å². The third kappa shape index (κ3) is 3.06. The molecule has 0 bridgehead atoms. The monoisotopic (exact) mass is 341 g/mol. The summed E-state index contributed by atoms with van der Waals surface area (Å²) in [6.07, 6.45) is -0.147. The van der Waals surface area contributed by atoms with Crippen molar-refractivity contribution in [2.24, 2.45) is 0 Å². The highest BCUT2D eigenvalue weighted by molar-refractivity contribution is 7.14. The number of benzene rings is 1. The lowest BCUT2D eigenvalue weighted by Gasteiger charge is -2.21. The summed E-state index contributed by atoms with van der Waals surface area (Å²) in [5.41, 5.74) is 3.26. The van der Waals surface area contributed by atoms with Crippen molar-refractivity contribution in [2.45, 2.75) is 12.7 Å². The number of nitrogens with one attached hydrogen (secondary N) is 1. The molecule has 1 amide bonds. The molecule has 0 aliphatic carbocycles. The van der Waals surface area contributed by atoms with Crippen LogP contribution >= 0.6 is 22.7 Å². The van der Waals surface area contributed by atoms with Gasteiger partial charge in [0.15, 0.2) is 0 Å². The first-order valence-corrected chi connectivity index (χ1v) is 9.17. The molecule has 1 aromatic carbocycles. The van der Waals surface area contributed by atoms with Gasteiger partial charge in [-0.15, -0.1) is 11.3 Å². The highest BCUT2D eigenvalue weighted by Crippen LogP contribution is 2.30. The minimum atomic E-state index is -0.147. The van der Waals surface area contributed by atoms with Gasteiger partial charge in [-0.2, -0.15) is 11.3 Å². The molecule has 0 radical (unpaired) electrons. The number of carbonyl (C=O) groups excluding carboxylic acids is 1. The van der Waals surface area contributed by atoms with Crippen LogP contribution in [0.4, 0.5) is 0 Å². The van der Waals surface area contributed by atoms with Gasteiger partial charge in [0.25, 0.3) is 0 Å². The van der Waals surface area contributed by atoms with E-state index in [0.29, 0.717) is 6.54 Å². The minimum absolute atomic E-state index is 0.0519. The lowest BCUT2D eigenvalue weighted by molar-refractivity contribution is -0.118. The first-order chi connectivity index (χ1) is 11.3. The van der Waals surface area contributed by atoms with Crippen LogP contribution in [0.15, 0.2) is 52.5 Å². The molecule has 1 atom stereocenters. The van der Waals surface area contributed by atoms with Gasteiger partial charge in [0, 0.05) is 22.9 Å². The standard InChI is InChI=1S/C17H15N3OS2/c21-15-9-20(8-12-4-2-1-3-5-12)16(19-15)14-11-23-17(18-14)13-6-7-22-10-13/h1-7,10-11,16H,8-9H2,(H,19,21). The number of aromatic nitrogens is 1. The van der Waals surface area contributed by atoms with Crippen LogP contribution in [0.1, 0.15) is 17.4 Å². The van der Waals surface area contributed by atoms with Gasteiger partial charge in [0.2, 0.25) is 5.91 Å². The zero-order chi connectivity index (χ0) is 15.6. The summed E-state index contributed by atoms with van der Waals surface area (Å²) in [4.78, 5) is 18.7. The summed E-state index contributed by atoms with van der Waals surface area (Å²) >= 11 is 3.29. The van der Waals surface area contributed by atoms with Crippen molar-refractivity contribution in [1.82, 2.24) is 15.2 Å². The minimum Gasteiger partial charge on any atom is -0.334 e. The first-order valence-electron chi connectivity index (χ1n) is 7.35. The van der Waals surface area contributed by atoms with Crippen LogP contribution < -0.4 is 5.32 Å². The van der Waals surface area contributed by atoms with E-state index in [1.165, 1.54) is 5.56 Å². The third-order valence-corrected chi connectivity index (χ3v) is 5.40. The van der Waals surface area contributed by atoms with Gasteiger partial charge in [-0.25, -0.2) is 4.98 Å². The summed E-state index contributed by atoms with van der Waals surface area (Å²) in [5, 5.41) is 10.2. The van der Waals surface area contributed by atoms with E-state index in [0.717, 1.165) is 22.8 Å². The predicted molar refractivity (Wildman–Crippen MR) is 93.2 cm³/mol. The lowest BCUT2D eigenvalue weighted by Crippen LogP contribution is -2.27. The maximum Gasteiger partial charge on any atom is 0.235 e. The summed E-state index contributed by atoms with van der Waals surface area (Å²) in [7, 11) is 0. The molecule has 1 unspecified atom stereocenters. The molecule has 4 rings (SSSR count). The Hall–Kier alpha value is -2.02. The summed E-state index contributed by atoms with van der Waals surface area (Å²) in [6, 6.07) is 12.3. The molecule has 1 N–H and O–H groups in total. The van der Waals surface area contributed by atoms with E-state index >= 15 is 0 Å². The van der Waals surface area contributed by atoms with Gasteiger partial charge in [0.1, 0.15) is 11.2 Å². The fraction of sp³-hybridized carbons (Fsp3) is 0.176. The second-order valence-corrected chi connectivity index (χ2v) is 7.09. The Kier molecular flexibility index (Phi) is 3.95. The van der Waals surface area contributed by atoms with Crippen LogP contribution in [0.5, 0.6) is 0 Å². The molecule has 1 saturated heterocycles. The smallest absolute Gasteiger partial charge is 0.235 e. The van der Waals surface area contributed by atoms with E-state index < -0.39 is 0 Å². The van der Waals surface area contributed by atoms with Crippen LogP contribution in [-0.2, 0) is 11.3 Å².